The topological polar surface area (TPSA) is 56.7 Å². The summed E-state index contributed by atoms with van der Waals surface area (Å²) in [6, 6.07) is 4.18. The summed E-state index contributed by atoms with van der Waals surface area (Å²) in [5.41, 5.74) is 6.37. The van der Waals surface area contributed by atoms with E-state index in [1.54, 1.807) is 16.8 Å². The molecule has 0 saturated carbocycles. The van der Waals surface area contributed by atoms with Crippen LogP contribution >= 0.6 is 11.6 Å². The van der Waals surface area contributed by atoms with E-state index < -0.39 is 11.9 Å². The Morgan fingerprint density at radius 2 is 2.16 bits per heavy atom. The number of rotatable bonds is 4. The molecule has 0 aliphatic carbocycles. The van der Waals surface area contributed by atoms with Crippen LogP contribution in [0.2, 0.25) is 5.02 Å². The van der Waals surface area contributed by atoms with Crippen molar-refractivity contribution in [2.24, 2.45) is 5.73 Å². The molecule has 0 amide bonds. The van der Waals surface area contributed by atoms with Crippen LogP contribution in [0, 0.1) is 5.82 Å². The van der Waals surface area contributed by atoms with E-state index in [2.05, 4.69) is 10.1 Å². The molecule has 1 atom stereocenters. The SMILES string of the molecule is CC(C)n1ncnc1CC(N)c1c(F)cccc1Cl. The molecule has 4 nitrogen and oxygen atoms in total. The van der Waals surface area contributed by atoms with Crippen LogP contribution in [0.5, 0.6) is 0 Å². The van der Waals surface area contributed by atoms with E-state index in [9.17, 15) is 4.39 Å². The van der Waals surface area contributed by atoms with Crippen LogP contribution in [0.15, 0.2) is 24.5 Å². The van der Waals surface area contributed by atoms with Crippen molar-refractivity contribution < 1.29 is 4.39 Å². The molecule has 1 aromatic heterocycles. The summed E-state index contributed by atoms with van der Waals surface area (Å²) in [5.74, 6) is 0.331. The number of hydrogen-bond donors (Lipinski definition) is 1. The second-order valence-electron chi connectivity index (χ2n) is 4.66. The molecule has 102 valence electrons. The first-order valence-electron chi connectivity index (χ1n) is 6.08. The smallest absolute Gasteiger partial charge is 0.138 e. The van der Waals surface area contributed by atoms with E-state index in [1.165, 1.54) is 12.4 Å². The molecule has 1 aromatic carbocycles. The number of aromatic nitrogens is 3. The molecule has 2 N–H and O–H groups in total. The zero-order chi connectivity index (χ0) is 14.0. The molecule has 0 radical (unpaired) electrons. The summed E-state index contributed by atoms with van der Waals surface area (Å²) in [6.45, 7) is 4.00. The van der Waals surface area contributed by atoms with Gasteiger partial charge in [0.1, 0.15) is 18.0 Å². The molecule has 0 aliphatic heterocycles. The Bertz CT molecular complexity index is 547. The fourth-order valence-corrected chi connectivity index (χ4v) is 2.32. The van der Waals surface area contributed by atoms with Crippen molar-refractivity contribution in [3.05, 3.63) is 46.8 Å². The third-order valence-electron chi connectivity index (χ3n) is 2.91. The molecule has 2 aromatic rings. The Labute approximate surface area is 116 Å². The summed E-state index contributed by atoms with van der Waals surface area (Å²) < 4.78 is 15.6. The molecule has 0 fully saturated rings. The third kappa shape index (κ3) is 2.93. The lowest BCUT2D eigenvalue weighted by Crippen LogP contribution is -2.19. The highest BCUT2D eigenvalue weighted by Crippen LogP contribution is 2.26. The third-order valence-corrected chi connectivity index (χ3v) is 3.24. The normalized spacial score (nSPS) is 12.9. The number of hydrogen-bond acceptors (Lipinski definition) is 3. The Kier molecular flexibility index (Phi) is 4.17. The van der Waals surface area contributed by atoms with Gasteiger partial charge in [0.15, 0.2) is 0 Å². The predicted octanol–water partition coefficient (Wildman–Crippen LogP) is 2.89. The monoisotopic (exact) mass is 282 g/mol. The predicted molar refractivity (Wildman–Crippen MR) is 72.4 cm³/mol. The van der Waals surface area contributed by atoms with E-state index in [0.29, 0.717) is 17.0 Å². The van der Waals surface area contributed by atoms with Gasteiger partial charge in [0.2, 0.25) is 0 Å². The second kappa shape index (κ2) is 5.67. The minimum Gasteiger partial charge on any atom is -0.323 e. The van der Waals surface area contributed by atoms with Gasteiger partial charge < -0.3 is 5.73 Å². The van der Waals surface area contributed by atoms with Crippen molar-refractivity contribution in [1.29, 1.82) is 0 Å². The maximum Gasteiger partial charge on any atom is 0.138 e. The van der Waals surface area contributed by atoms with Gasteiger partial charge in [0.05, 0.1) is 0 Å². The lowest BCUT2D eigenvalue weighted by atomic mass is 10.0. The highest BCUT2D eigenvalue weighted by Gasteiger charge is 2.18. The number of nitrogens with zero attached hydrogens (tertiary/aromatic N) is 3. The van der Waals surface area contributed by atoms with Crippen LogP contribution < -0.4 is 5.73 Å². The lowest BCUT2D eigenvalue weighted by Gasteiger charge is -2.16. The van der Waals surface area contributed by atoms with E-state index in [0.717, 1.165) is 5.82 Å². The highest BCUT2D eigenvalue weighted by atomic mass is 35.5. The van der Waals surface area contributed by atoms with Crippen molar-refractivity contribution in [3.8, 4) is 0 Å². The maximum atomic E-state index is 13.8. The Balaban J connectivity index is 2.26. The Morgan fingerprint density at radius 3 is 2.79 bits per heavy atom. The first-order valence-corrected chi connectivity index (χ1v) is 6.46. The highest BCUT2D eigenvalue weighted by molar-refractivity contribution is 6.31. The van der Waals surface area contributed by atoms with E-state index in [4.69, 9.17) is 17.3 Å². The molecule has 0 bridgehead atoms. The van der Waals surface area contributed by atoms with Crippen molar-refractivity contribution in [2.75, 3.05) is 0 Å². The van der Waals surface area contributed by atoms with Crippen LogP contribution in [-0.4, -0.2) is 14.8 Å². The summed E-state index contributed by atoms with van der Waals surface area (Å²) in [6.07, 6.45) is 1.86. The summed E-state index contributed by atoms with van der Waals surface area (Å²) >= 11 is 6.00. The van der Waals surface area contributed by atoms with Crippen LogP contribution in [0.25, 0.3) is 0 Å². The molecule has 6 heteroatoms. The molecule has 1 heterocycles. The fourth-order valence-electron chi connectivity index (χ4n) is 2.02. The van der Waals surface area contributed by atoms with Crippen molar-refractivity contribution in [3.63, 3.8) is 0 Å². The zero-order valence-electron chi connectivity index (χ0n) is 10.8. The molecule has 0 aliphatic rings. The minimum absolute atomic E-state index is 0.181. The van der Waals surface area contributed by atoms with E-state index in [-0.39, 0.29) is 6.04 Å². The lowest BCUT2D eigenvalue weighted by molar-refractivity contribution is 0.488. The number of halogens is 2. The summed E-state index contributed by atoms with van der Waals surface area (Å²) in [7, 11) is 0. The first-order chi connectivity index (χ1) is 9.00. The summed E-state index contributed by atoms with van der Waals surface area (Å²) in [4.78, 5) is 4.17. The minimum atomic E-state index is -0.546. The first kappa shape index (κ1) is 14.0. The van der Waals surface area contributed by atoms with Gasteiger partial charge in [-0.3, -0.25) is 0 Å². The fraction of sp³-hybridized carbons (Fsp3) is 0.385. The van der Waals surface area contributed by atoms with Crippen LogP contribution in [-0.2, 0) is 6.42 Å². The van der Waals surface area contributed by atoms with Gasteiger partial charge >= 0.3 is 0 Å². The molecular weight excluding hydrogens is 267 g/mol. The average Bonchev–Trinajstić information content (AvgIpc) is 2.76. The average molecular weight is 283 g/mol. The largest absolute Gasteiger partial charge is 0.323 e. The molecular formula is C13H16ClFN4. The Morgan fingerprint density at radius 1 is 1.42 bits per heavy atom. The van der Waals surface area contributed by atoms with Crippen LogP contribution in [0.4, 0.5) is 4.39 Å². The van der Waals surface area contributed by atoms with Gasteiger partial charge in [0, 0.05) is 29.1 Å². The van der Waals surface area contributed by atoms with Crippen LogP contribution in [0.1, 0.15) is 37.3 Å². The second-order valence-corrected chi connectivity index (χ2v) is 5.07. The van der Waals surface area contributed by atoms with Crippen molar-refractivity contribution >= 4 is 11.6 Å². The summed E-state index contributed by atoms with van der Waals surface area (Å²) in [5, 5.41) is 4.47. The van der Waals surface area contributed by atoms with Gasteiger partial charge in [-0.2, -0.15) is 5.10 Å². The van der Waals surface area contributed by atoms with E-state index >= 15 is 0 Å². The molecule has 19 heavy (non-hydrogen) atoms. The number of benzene rings is 1. The van der Waals surface area contributed by atoms with Gasteiger partial charge in [0.25, 0.3) is 0 Å². The maximum absolute atomic E-state index is 13.8. The van der Waals surface area contributed by atoms with Gasteiger partial charge in [-0.25, -0.2) is 14.1 Å². The standard InChI is InChI=1S/C13H16ClFN4/c1-8(2)19-12(17-7-18-19)6-11(16)13-9(14)4-3-5-10(13)15/h3-5,7-8,11H,6,16H2,1-2H3. The number of nitrogens with two attached hydrogens (primary N) is 1. The van der Waals surface area contributed by atoms with Gasteiger partial charge in [-0.05, 0) is 26.0 Å². The van der Waals surface area contributed by atoms with Crippen molar-refractivity contribution in [1.82, 2.24) is 14.8 Å². The van der Waals surface area contributed by atoms with Gasteiger partial charge in [-0.15, -0.1) is 0 Å². The molecule has 2 rings (SSSR count). The van der Waals surface area contributed by atoms with Crippen molar-refractivity contribution in [2.45, 2.75) is 32.4 Å². The molecule has 1 unspecified atom stereocenters. The molecule has 0 spiro atoms. The quantitative estimate of drug-likeness (QED) is 0.938. The molecule has 0 saturated heterocycles. The zero-order valence-corrected chi connectivity index (χ0v) is 11.6. The Hall–Kier alpha value is -1.46. The van der Waals surface area contributed by atoms with Crippen LogP contribution in [0.3, 0.4) is 0 Å². The van der Waals surface area contributed by atoms with Gasteiger partial charge in [-0.1, -0.05) is 17.7 Å². The van der Waals surface area contributed by atoms with E-state index in [1.807, 2.05) is 13.8 Å².